The monoisotopic (exact) mass is 236 g/mol. The minimum absolute atomic E-state index is 0.382. The number of phenolic OH excluding ortho intramolecular Hbond substituents is 1. The smallest absolute Gasteiger partial charge is 0.125 e. The lowest BCUT2D eigenvalue weighted by Crippen LogP contribution is -2.42. The van der Waals surface area contributed by atoms with Crippen LogP contribution in [-0.4, -0.2) is 43.3 Å². The Kier molecular flexibility index (Phi) is 4.36. The number of rotatable bonds is 4. The highest BCUT2D eigenvalue weighted by Gasteiger charge is 2.13. The van der Waals surface area contributed by atoms with Crippen molar-refractivity contribution in [3.63, 3.8) is 0 Å². The molecule has 0 bridgehead atoms. The Hall–Kier alpha value is -1.10. The van der Waals surface area contributed by atoms with Crippen LogP contribution in [0, 0.1) is 0 Å². The average Bonchev–Trinajstić information content (AvgIpc) is 2.36. The molecule has 2 N–H and O–H groups in total. The van der Waals surface area contributed by atoms with Gasteiger partial charge in [-0.15, -0.1) is 0 Å². The van der Waals surface area contributed by atoms with Crippen molar-refractivity contribution in [2.75, 3.05) is 33.3 Å². The number of nitrogens with zero attached hydrogens (tertiary/aromatic N) is 1. The molecule has 0 amide bonds. The summed E-state index contributed by atoms with van der Waals surface area (Å²) in [5.74, 6) is 0.382. The van der Waals surface area contributed by atoms with Gasteiger partial charge in [-0.25, -0.2) is 0 Å². The van der Waals surface area contributed by atoms with E-state index in [2.05, 4.69) is 10.2 Å². The Morgan fingerprint density at radius 1 is 1.29 bits per heavy atom. The molecule has 2 rings (SSSR count). The fourth-order valence-corrected chi connectivity index (χ4v) is 2.15. The van der Waals surface area contributed by atoms with Crippen LogP contribution in [-0.2, 0) is 17.9 Å². The number of benzene rings is 1. The van der Waals surface area contributed by atoms with E-state index in [1.54, 1.807) is 7.11 Å². The van der Waals surface area contributed by atoms with Crippen LogP contribution in [0.2, 0.25) is 0 Å². The van der Waals surface area contributed by atoms with E-state index in [1.165, 1.54) is 0 Å². The minimum Gasteiger partial charge on any atom is -0.507 e. The second-order valence-electron chi connectivity index (χ2n) is 4.38. The zero-order chi connectivity index (χ0) is 12.1. The molecule has 0 aromatic heterocycles. The Morgan fingerprint density at radius 3 is 2.71 bits per heavy atom. The zero-order valence-corrected chi connectivity index (χ0v) is 10.3. The fourth-order valence-electron chi connectivity index (χ4n) is 2.15. The number of ether oxygens (including phenoxy) is 1. The molecule has 4 heteroatoms. The summed E-state index contributed by atoms with van der Waals surface area (Å²) >= 11 is 0. The number of aromatic hydroxyl groups is 1. The molecule has 0 saturated carbocycles. The van der Waals surface area contributed by atoms with Crippen molar-refractivity contribution in [1.29, 1.82) is 0 Å². The van der Waals surface area contributed by atoms with Crippen LogP contribution >= 0.6 is 0 Å². The number of piperazine rings is 1. The molecule has 94 valence electrons. The lowest BCUT2D eigenvalue weighted by Gasteiger charge is -2.27. The number of nitrogens with one attached hydrogen (secondary N) is 1. The van der Waals surface area contributed by atoms with E-state index < -0.39 is 0 Å². The van der Waals surface area contributed by atoms with Crippen molar-refractivity contribution < 1.29 is 9.84 Å². The summed E-state index contributed by atoms with van der Waals surface area (Å²) in [4.78, 5) is 2.35. The quantitative estimate of drug-likeness (QED) is 0.817. The van der Waals surface area contributed by atoms with Crippen molar-refractivity contribution in [1.82, 2.24) is 10.2 Å². The van der Waals surface area contributed by atoms with Crippen molar-refractivity contribution in [3.8, 4) is 5.75 Å². The maximum absolute atomic E-state index is 10.1. The summed E-state index contributed by atoms with van der Waals surface area (Å²) in [5.41, 5.74) is 1.85. The largest absolute Gasteiger partial charge is 0.507 e. The van der Waals surface area contributed by atoms with Gasteiger partial charge in [0, 0.05) is 51.0 Å². The van der Waals surface area contributed by atoms with Crippen molar-refractivity contribution in [2.24, 2.45) is 0 Å². The van der Waals surface area contributed by atoms with Gasteiger partial charge in [-0.2, -0.15) is 0 Å². The molecule has 1 saturated heterocycles. The fraction of sp³-hybridized carbons (Fsp3) is 0.538. The van der Waals surface area contributed by atoms with Gasteiger partial charge in [0.15, 0.2) is 0 Å². The lowest BCUT2D eigenvalue weighted by atomic mass is 10.1. The van der Waals surface area contributed by atoms with Crippen LogP contribution in [0.25, 0.3) is 0 Å². The van der Waals surface area contributed by atoms with Gasteiger partial charge in [-0.1, -0.05) is 18.2 Å². The van der Waals surface area contributed by atoms with Gasteiger partial charge in [0.1, 0.15) is 5.75 Å². The Labute approximate surface area is 102 Å². The molecule has 0 radical (unpaired) electrons. The first-order valence-electron chi connectivity index (χ1n) is 6.03. The molecule has 0 unspecified atom stereocenters. The van der Waals surface area contributed by atoms with Crippen molar-refractivity contribution in [3.05, 3.63) is 29.3 Å². The van der Waals surface area contributed by atoms with E-state index in [-0.39, 0.29) is 0 Å². The molecule has 1 aliphatic rings. The number of phenols is 1. The van der Waals surface area contributed by atoms with Crippen molar-refractivity contribution in [2.45, 2.75) is 13.2 Å². The Bertz CT molecular complexity index is 362. The molecule has 0 aliphatic carbocycles. The van der Waals surface area contributed by atoms with Gasteiger partial charge in [-0.05, 0) is 0 Å². The number of methoxy groups -OCH3 is 1. The molecule has 1 aliphatic heterocycles. The molecular formula is C13H20N2O2. The van der Waals surface area contributed by atoms with E-state index in [0.717, 1.165) is 43.9 Å². The zero-order valence-electron chi connectivity index (χ0n) is 10.3. The molecule has 0 atom stereocenters. The van der Waals surface area contributed by atoms with Crippen LogP contribution in [0.15, 0.2) is 18.2 Å². The summed E-state index contributed by atoms with van der Waals surface area (Å²) in [6.07, 6.45) is 0. The summed E-state index contributed by atoms with van der Waals surface area (Å²) in [5, 5.41) is 13.5. The SMILES string of the molecule is COCc1cccc(CN2CCNCC2)c1O. The molecule has 1 aromatic rings. The predicted molar refractivity (Wildman–Crippen MR) is 67.0 cm³/mol. The predicted octanol–water partition coefficient (Wildman–Crippen LogP) is 0.944. The summed E-state index contributed by atoms with van der Waals surface area (Å²) < 4.78 is 5.07. The number of hydrogen-bond donors (Lipinski definition) is 2. The van der Waals surface area contributed by atoms with Gasteiger partial charge in [-0.3, -0.25) is 4.90 Å². The molecular weight excluding hydrogens is 216 g/mol. The van der Waals surface area contributed by atoms with Crippen LogP contribution in [0.3, 0.4) is 0 Å². The van der Waals surface area contributed by atoms with Gasteiger partial charge >= 0.3 is 0 Å². The second kappa shape index (κ2) is 6.00. The van der Waals surface area contributed by atoms with E-state index in [4.69, 9.17) is 4.74 Å². The van der Waals surface area contributed by atoms with Crippen LogP contribution in [0.5, 0.6) is 5.75 Å². The maximum atomic E-state index is 10.1. The van der Waals surface area contributed by atoms with E-state index in [0.29, 0.717) is 12.4 Å². The summed E-state index contributed by atoms with van der Waals surface area (Å²) in [6.45, 7) is 5.39. The Balaban J connectivity index is 2.06. The highest BCUT2D eigenvalue weighted by atomic mass is 16.5. The maximum Gasteiger partial charge on any atom is 0.125 e. The first kappa shape index (κ1) is 12.4. The third-order valence-electron chi connectivity index (χ3n) is 3.11. The van der Waals surface area contributed by atoms with Crippen LogP contribution in [0.1, 0.15) is 11.1 Å². The molecule has 4 nitrogen and oxygen atoms in total. The van der Waals surface area contributed by atoms with E-state index in [1.807, 2.05) is 18.2 Å². The third-order valence-corrected chi connectivity index (χ3v) is 3.11. The topological polar surface area (TPSA) is 44.7 Å². The van der Waals surface area contributed by atoms with Gasteiger partial charge in [0.05, 0.1) is 6.61 Å². The van der Waals surface area contributed by atoms with Gasteiger partial charge in [0.25, 0.3) is 0 Å². The standard InChI is InChI=1S/C13H20N2O2/c1-17-10-12-4-2-3-11(13(12)16)9-15-7-5-14-6-8-15/h2-4,14,16H,5-10H2,1H3. The first-order valence-corrected chi connectivity index (χ1v) is 6.03. The second-order valence-corrected chi connectivity index (χ2v) is 4.38. The highest BCUT2D eigenvalue weighted by Crippen LogP contribution is 2.24. The van der Waals surface area contributed by atoms with Gasteiger partial charge in [0.2, 0.25) is 0 Å². The normalized spacial score (nSPS) is 17.2. The first-order chi connectivity index (χ1) is 8.31. The molecule has 0 spiro atoms. The summed E-state index contributed by atoms with van der Waals surface area (Å²) in [7, 11) is 1.64. The number of para-hydroxylation sites is 1. The highest BCUT2D eigenvalue weighted by molar-refractivity contribution is 5.39. The number of hydrogen-bond acceptors (Lipinski definition) is 4. The van der Waals surface area contributed by atoms with Gasteiger partial charge < -0.3 is 15.2 Å². The minimum atomic E-state index is 0.382. The Morgan fingerprint density at radius 2 is 2.00 bits per heavy atom. The molecule has 17 heavy (non-hydrogen) atoms. The molecule has 1 fully saturated rings. The van der Waals surface area contributed by atoms with Crippen LogP contribution < -0.4 is 5.32 Å². The molecule has 1 heterocycles. The van der Waals surface area contributed by atoms with Crippen LogP contribution in [0.4, 0.5) is 0 Å². The lowest BCUT2D eigenvalue weighted by molar-refractivity contribution is 0.181. The van der Waals surface area contributed by atoms with E-state index >= 15 is 0 Å². The average molecular weight is 236 g/mol. The van der Waals surface area contributed by atoms with Crippen molar-refractivity contribution >= 4 is 0 Å². The molecule has 1 aromatic carbocycles. The van der Waals surface area contributed by atoms with E-state index in [9.17, 15) is 5.11 Å². The third kappa shape index (κ3) is 3.19. The summed E-state index contributed by atoms with van der Waals surface area (Å²) in [6, 6.07) is 5.86.